The standard InChI is InChI=1S/C23H43O3PSi.BrH/c1-7-11-16-27(17-12-8-2,18-13-9-3)23-19-21(24)14-15-22(23)25-20-28(5,6)26-10-4;/h14-15,19H,7-13,16-18,20H2,1-6H3;1H. The van der Waals surface area contributed by atoms with E-state index in [1.807, 2.05) is 12.1 Å². The summed E-state index contributed by atoms with van der Waals surface area (Å²) in [4.78, 5) is 0. The van der Waals surface area contributed by atoms with Gasteiger partial charge in [-0.15, -0.1) is 0 Å². The number of ether oxygens (including phenoxy) is 1. The second-order valence-electron chi connectivity index (χ2n) is 8.51. The number of hydrogen-bond acceptors (Lipinski definition) is 3. The number of phenolic OH excluding ortho intramolecular Hbond substituents is 1. The van der Waals surface area contributed by atoms with Crippen molar-refractivity contribution in [3.63, 3.8) is 0 Å². The minimum Gasteiger partial charge on any atom is -1.00 e. The molecule has 0 radical (unpaired) electrons. The molecule has 0 aliphatic rings. The molecule has 0 atom stereocenters. The Bertz CT molecular complexity index is 547. The maximum atomic E-state index is 10.3. The van der Waals surface area contributed by atoms with E-state index >= 15 is 0 Å². The molecule has 170 valence electrons. The third kappa shape index (κ3) is 9.72. The number of unbranched alkanes of at least 4 members (excludes halogenated alkanes) is 3. The molecule has 0 amide bonds. The zero-order valence-electron chi connectivity index (χ0n) is 19.6. The molecule has 0 saturated heterocycles. The van der Waals surface area contributed by atoms with Crippen LogP contribution in [0.5, 0.6) is 11.5 Å². The molecule has 1 aromatic carbocycles. The molecule has 0 heterocycles. The summed E-state index contributed by atoms with van der Waals surface area (Å²) < 4.78 is 12.4. The molecular weight excluding hydrogens is 463 g/mol. The van der Waals surface area contributed by atoms with Gasteiger partial charge in [0.25, 0.3) is 0 Å². The molecule has 0 saturated carbocycles. The summed E-state index contributed by atoms with van der Waals surface area (Å²) in [6, 6.07) is 5.81. The van der Waals surface area contributed by atoms with E-state index in [0.29, 0.717) is 12.0 Å². The van der Waals surface area contributed by atoms with Gasteiger partial charge >= 0.3 is 0 Å². The molecule has 1 rings (SSSR count). The minimum absolute atomic E-state index is 0. The van der Waals surface area contributed by atoms with Crippen LogP contribution in [0.25, 0.3) is 0 Å². The van der Waals surface area contributed by atoms with E-state index < -0.39 is 15.6 Å². The summed E-state index contributed by atoms with van der Waals surface area (Å²) >= 11 is 0. The Kier molecular flexibility index (Phi) is 14.8. The number of hydrogen-bond donors (Lipinski definition) is 1. The van der Waals surface area contributed by atoms with Gasteiger partial charge in [0.05, 0.1) is 25.7 Å². The normalized spacial score (nSPS) is 11.9. The summed E-state index contributed by atoms with van der Waals surface area (Å²) in [6.45, 7) is 14.1. The number of halogens is 1. The Morgan fingerprint density at radius 1 is 0.897 bits per heavy atom. The SMILES string of the molecule is CCCC[P+](CCCC)(CCCC)c1cc(O)ccc1OC[Si](C)(C)OCC.[Br-]. The van der Waals surface area contributed by atoms with E-state index in [2.05, 4.69) is 40.8 Å². The van der Waals surface area contributed by atoms with Gasteiger partial charge < -0.3 is 31.3 Å². The first kappa shape index (κ1) is 28.9. The van der Waals surface area contributed by atoms with Crippen molar-refractivity contribution in [2.45, 2.75) is 79.3 Å². The van der Waals surface area contributed by atoms with Crippen LogP contribution in [0.3, 0.4) is 0 Å². The quantitative estimate of drug-likeness (QED) is 0.291. The van der Waals surface area contributed by atoms with E-state index in [1.54, 1.807) is 6.07 Å². The van der Waals surface area contributed by atoms with Crippen molar-refractivity contribution in [1.82, 2.24) is 0 Å². The smallest absolute Gasteiger partial charge is 0.224 e. The first-order valence-electron chi connectivity index (χ1n) is 11.3. The summed E-state index contributed by atoms with van der Waals surface area (Å²) in [5, 5.41) is 11.7. The number of rotatable bonds is 15. The van der Waals surface area contributed by atoms with E-state index in [0.717, 1.165) is 12.4 Å². The molecule has 3 nitrogen and oxygen atoms in total. The lowest BCUT2D eigenvalue weighted by atomic mass is 10.3. The van der Waals surface area contributed by atoms with Crippen LogP contribution in [0.15, 0.2) is 18.2 Å². The molecule has 29 heavy (non-hydrogen) atoms. The van der Waals surface area contributed by atoms with Crippen LogP contribution in [0.4, 0.5) is 0 Å². The van der Waals surface area contributed by atoms with Crippen molar-refractivity contribution in [2.75, 3.05) is 31.3 Å². The van der Waals surface area contributed by atoms with Crippen LogP contribution in [0.2, 0.25) is 13.1 Å². The highest BCUT2D eigenvalue weighted by molar-refractivity contribution is 7.83. The summed E-state index contributed by atoms with van der Waals surface area (Å²) in [5.74, 6) is 1.37. The average Bonchev–Trinajstić information content (AvgIpc) is 2.67. The van der Waals surface area contributed by atoms with Gasteiger partial charge in [0.2, 0.25) is 8.32 Å². The molecular formula is C23H44BrO3PSi. The molecule has 0 aromatic heterocycles. The van der Waals surface area contributed by atoms with Crippen molar-refractivity contribution in [3.05, 3.63) is 18.2 Å². The maximum Gasteiger partial charge on any atom is 0.224 e. The highest BCUT2D eigenvalue weighted by Crippen LogP contribution is 2.61. The van der Waals surface area contributed by atoms with E-state index in [9.17, 15) is 5.11 Å². The fourth-order valence-corrected chi connectivity index (χ4v) is 10.3. The van der Waals surface area contributed by atoms with Crippen molar-refractivity contribution >= 4 is 20.9 Å². The molecule has 6 heteroatoms. The topological polar surface area (TPSA) is 38.7 Å². The summed E-state index contributed by atoms with van der Waals surface area (Å²) in [5.41, 5.74) is 0. The van der Waals surface area contributed by atoms with Crippen molar-refractivity contribution in [1.29, 1.82) is 0 Å². The Balaban J connectivity index is 0.00000784. The maximum absolute atomic E-state index is 10.3. The molecule has 0 fully saturated rings. The fourth-order valence-electron chi connectivity index (χ4n) is 3.76. The van der Waals surface area contributed by atoms with Gasteiger partial charge in [0.1, 0.15) is 17.3 Å². The first-order valence-corrected chi connectivity index (χ1v) is 16.8. The zero-order valence-corrected chi connectivity index (χ0v) is 23.1. The van der Waals surface area contributed by atoms with Crippen molar-refractivity contribution in [3.8, 4) is 11.5 Å². The molecule has 1 N–H and O–H groups in total. The molecule has 1 aromatic rings. The van der Waals surface area contributed by atoms with Crippen LogP contribution in [-0.2, 0) is 4.43 Å². The molecule has 0 aliphatic carbocycles. The molecule has 0 aliphatic heterocycles. The number of benzene rings is 1. The second kappa shape index (κ2) is 14.8. The Morgan fingerprint density at radius 2 is 1.41 bits per heavy atom. The van der Waals surface area contributed by atoms with E-state index in [4.69, 9.17) is 9.16 Å². The van der Waals surface area contributed by atoms with Gasteiger partial charge in [-0.3, -0.25) is 0 Å². The Morgan fingerprint density at radius 3 is 1.86 bits per heavy atom. The van der Waals surface area contributed by atoms with Gasteiger partial charge in [-0.2, -0.15) is 0 Å². The van der Waals surface area contributed by atoms with Crippen LogP contribution in [-0.4, -0.2) is 44.7 Å². The lowest BCUT2D eigenvalue weighted by molar-refractivity contribution is -0.00000857. The third-order valence-electron chi connectivity index (χ3n) is 5.38. The van der Waals surface area contributed by atoms with E-state index in [-0.39, 0.29) is 17.0 Å². The highest BCUT2D eigenvalue weighted by Gasteiger charge is 2.41. The Labute approximate surface area is 192 Å². The summed E-state index contributed by atoms with van der Waals surface area (Å²) in [7, 11) is -3.20. The monoisotopic (exact) mass is 506 g/mol. The van der Waals surface area contributed by atoms with Crippen LogP contribution < -0.4 is 27.0 Å². The van der Waals surface area contributed by atoms with Crippen molar-refractivity contribution < 1.29 is 31.3 Å². The summed E-state index contributed by atoms with van der Waals surface area (Å²) in [6.07, 6.45) is 11.9. The van der Waals surface area contributed by atoms with Crippen LogP contribution >= 0.6 is 7.26 Å². The number of aromatic hydroxyl groups is 1. The number of phenols is 1. The van der Waals surface area contributed by atoms with Gasteiger partial charge in [0.15, 0.2) is 5.75 Å². The minimum atomic E-state index is -1.83. The van der Waals surface area contributed by atoms with Crippen LogP contribution in [0, 0.1) is 0 Å². The predicted molar refractivity (Wildman–Crippen MR) is 129 cm³/mol. The van der Waals surface area contributed by atoms with Gasteiger partial charge in [-0.1, -0.05) is 40.0 Å². The van der Waals surface area contributed by atoms with E-state index in [1.165, 1.54) is 62.3 Å². The second-order valence-corrected chi connectivity index (χ2v) is 16.7. The van der Waals surface area contributed by atoms with Gasteiger partial charge in [-0.25, -0.2) is 0 Å². The molecule has 0 bridgehead atoms. The third-order valence-corrected chi connectivity index (χ3v) is 12.2. The van der Waals surface area contributed by atoms with Crippen molar-refractivity contribution in [2.24, 2.45) is 0 Å². The average molecular weight is 508 g/mol. The zero-order chi connectivity index (χ0) is 21.0. The molecule has 0 spiro atoms. The lowest BCUT2D eigenvalue weighted by Crippen LogP contribution is -3.00. The van der Waals surface area contributed by atoms with Gasteiger partial charge in [0, 0.05) is 12.7 Å². The Hall–Kier alpha value is -0.0931. The lowest BCUT2D eigenvalue weighted by Gasteiger charge is -2.30. The largest absolute Gasteiger partial charge is 1.00 e. The van der Waals surface area contributed by atoms with Gasteiger partial charge in [-0.05, 0) is 51.4 Å². The van der Waals surface area contributed by atoms with Crippen LogP contribution in [0.1, 0.15) is 66.2 Å². The fraction of sp³-hybridized carbons (Fsp3) is 0.739. The predicted octanol–water partition coefficient (Wildman–Crippen LogP) is 3.60. The molecule has 0 unspecified atom stereocenters. The highest BCUT2D eigenvalue weighted by atomic mass is 79.9. The first-order chi connectivity index (χ1) is 13.3.